The fourth-order valence-corrected chi connectivity index (χ4v) is 3.40. The fraction of sp³-hybridized carbons (Fsp3) is 0.250. The van der Waals surface area contributed by atoms with Crippen LogP contribution < -0.4 is 0 Å². The third kappa shape index (κ3) is 3.92. The minimum absolute atomic E-state index is 0.115. The molecule has 0 radical (unpaired) electrons. The zero-order valence-corrected chi connectivity index (χ0v) is 14.9. The number of benzene rings is 2. The molecule has 0 aliphatic heterocycles. The first-order valence-electron chi connectivity index (χ1n) is 6.33. The standard InChI is InChI=1S/C16H13BrCl3F/c17-13-4-2-12(3-5-13)16(9-18,10-19)8-11-1-6-14(20)15(21)7-11/h1-7H,8-10H2. The summed E-state index contributed by atoms with van der Waals surface area (Å²) in [6.45, 7) is 0. The fourth-order valence-electron chi connectivity index (χ4n) is 2.23. The van der Waals surface area contributed by atoms with Gasteiger partial charge in [0.1, 0.15) is 5.82 Å². The van der Waals surface area contributed by atoms with Crippen molar-refractivity contribution in [3.63, 3.8) is 0 Å². The van der Waals surface area contributed by atoms with E-state index in [9.17, 15) is 4.39 Å². The van der Waals surface area contributed by atoms with Gasteiger partial charge in [0.2, 0.25) is 0 Å². The second-order valence-electron chi connectivity index (χ2n) is 4.98. The Morgan fingerprint density at radius 3 is 2.14 bits per heavy atom. The van der Waals surface area contributed by atoms with Crippen LogP contribution in [-0.2, 0) is 11.8 Å². The normalized spacial score (nSPS) is 11.7. The van der Waals surface area contributed by atoms with Crippen LogP contribution in [0.15, 0.2) is 46.9 Å². The minimum atomic E-state index is -0.440. The zero-order valence-electron chi connectivity index (χ0n) is 11.1. The molecule has 0 spiro atoms. The average molecular weight is 411 g/mol. The third-order valence-corrected chi connectivity index (χ3v) is 5.35. The van der Waals surface area contributed by atoms with Gasteiger partial charge < -0.3 is 0 Å². The van der Waals surface area contributed by atoms with Gasteiger partial charge in [0, 0.05) is 21.6 Å². The lowest BCUT2D eigenvalue weighted by Gasteiger charge is -2.30. The van der Waals surface area contributed by atoms with E-state index in [0.717, 1.165) is 15.6 Å². The summed E-state index contributed by atoms with van der Waals surface area (Å²) in [5.74, 6) is 0.271. The molecule has 2 rings (SSSR count). The molecule has 0 aromatic heterocycles. The highest BCUT2D eigenvalue weighted by atomic mass is 79.9. The molecule has 0 heterocycles. The van der Waals surface area contributed by atoms with E-state index >= 15 is 0 Å². The Morgan fingerprint density at radius 2 is 1.62 bits per heavy atom. The molecule has 0 saturated carbocycles. The lowest BCUT2D eigenvalue weighted by Crippen LogP contribution is -2.33. The second kappa shape index (κ2) is 7.32. The van der Waals surface area contributed by atoms with Crippen LogP contribution >= 0.6 is 50.7 Å². The number of hydrogen-bond acceptors (Lipinski definition) is 0. The van der Waals surface area contributed by atoms with Crippen LogP contribution in [-0.4, -0.2) is 11.8 Å². The van der Waals surface area contributed by atoms with Crippen molar-refractivity contribution in [2.24, 2.45) is 0 Å². The van der Waals surface area contributed by atoms with Gasteiger partial charge in [-0.25, -0.2) is 4.39 Å². The minimum Gasteiger partial charge on any atom is -0.205 e. The number of rotatable bonds is 5. The molecule has 0 saturated heterocycles. The summed E-state index contributed by atoms with van der Waals surface area (Å²) < 4.78 is 14.6. The van der Waals surface area contributed by atoms with E-state index < -0.39 is 11.2 Å². The Morgan fingerprint density at radius 1 is 1.00 bits per heavy atom. The van der Waals surface area contributed by atoms with Gasteiger partial charge in [-0.15, -0.1) is 23.2 Å². The van der Waals surface area contributed by atoms with E-state index in [2.05, 4.69) is 15.9 Å². The highest BCUT2D eigenvalue weighted by molar-refractivity contribution is 9.10. The van der Waals surface area contributed by atoms with Crippen molar-refractivity contribution in [3.8, 4) is 0 Å². The van der Waals surface area contributed by atoms with Crippen molar-refractivity contribution in [1.82, 2.24) is 0 Å². The van der Waals surface area contributed by atoms with Gasteiger partial charge in [0.15, 0.2) is 0 Å². The van der Waals surface area contributed by atoms with Gasteiger partial charge in [-0.3, -0.25) is 0 Å². The smallest absolute Gasteiger partial charge is 0.142 e. The first-order valence-corrected chi connectivity index (χ1v) is 8.57. The Bertz CT molecular complexity index is 609. The van der Waals surface area contributed by atoms with Crippen molar-refractivity contribution in [3.05, 3.63) is 68.9 Å². The van der Waals surface area contributed by atoms with Crippen LogP contribution in [0, 0.1) is 5.82 Å². The Kier molecular flexibility index (Phi) is 5.96. The molecule has 0 nitrogen and oxygen atoms in total. The van der Waals surface area contributed by atoms with Crippen molar-refractivity contribution in [1.29, 1.82) is 0 Å². The largest absolute Gasteiger partial charge is 0.205 e. The van der Waals surface area contributed by atoms with Crippen LogP contribution in [0.1, 0.15) is 11.1 Å². The summed E-state index contributed by atoms with van der Waals surface area (Å²) in [4.78, 5) is 0. The molecule has 0 aliphatic carbocycles. The van der Waals surface area contributed by atoms with E-state index in [0.29, 0.717) is 18.2 Å². The van der Waals surface area contributed by atoms with E-state index in [-0.39, 0.29) is 5.02 Å². The van der Waals surface area contributed by atoms with E-state index in [1.807, 2.05) is 24.3 Å². The molecule has 112 valence electrons. The summed E-state index contributed by atoms with van der Waals surface area (Å²) in [7, 11) is 0. The van der Waals surface area contributed by atoms with Crippen LogP contribution in [0.5, 0.6) is 0 Å². The molecule has 21 heavy (non-hydrogen) atoms. The molecule has 0 aliphatic rings. The number of alkyl halides is 2. The van der Waals surface area contributed by atoms with Gasteiger partial charge in [-0.1, -0.05) is 45.7 Å². The quantitative estimate of drug-likeness (QED) is 0.515. The number of hydrogen-bond donors (Lipinski definition) is 0. The topological polar surface area (TPSA) is 0 Å². The summed E-state index contributed by atoms with van der Waals surface area (Å²) in [6, 6.07) is 12.7. The predicted octanol–water partition coefficient (Wildman–Crippen LogP) is 6.20. The number of halogens is 5. The van der Waals surface area contributed by atoms with Gasteiger partial charge in [-0.05, 0) is 41.8 Å². The van der Waals surface area contributed by atoms with Crippen molar-refractivity contribution in [2.45, 2.75) is 11.8 Å². The maximum Gasteiger partial charge on any atom is 0.142 e. The Balaban J connectivity index is 2.37. The van der Waals surface area contributed by atoms with Gasteiger partial charge >= 0.3 is 0 Å². The average Bonchev–Trinajstić information content (AvgIpc) is 2.49. The monoisotopic (exact) mass is 408 g/mol. The van der Waals surface area contributed by atoms with Crippen LogP contribution in [0.4, 0.5) is 4.39 Å². The van der Waals surface area contributed by atoms with Crippen LogP contribution in [0.3, 0.4) is 0 Å². The maximum absolute atomic E-state index is 13.6. The summed E-state index contributed by atoms with van der Waals surface area (Å²) in [5, 5.41) is 0.115. The summed E-state index contributed by atoms with van der Waals surface area (Å²) in [5.41, 5.74) is 1.41. The SMILES string of the molecule is Fc1cc(CC(CCl)(CCl)c2ccc(Br)cc2)ccc1Cl. The molecule has 0 atom stereocenters. The van der Waals surface area contributed by atoms with Gasteiger partial charge in [-0.2, -0.15) is 0 Å². The van der Waals surface area contributed by atoms with Crippen LogP contribution in [0.2, 0.25) is 5.02 Å². The Hall–Kier alpha value is -0.280. The van der Waals surface area contributed by atoms with Crippen molar-refractivity contribution < 1.29 is 4.39 Å². The van der Waals surface area contributed by atoms with E-state index in [1.54, 1.807) is 12.1 Å². The van der Waals surface area contributed by atoms with Gasteiger partial charge in [0.25, 0.3) is 0 Å². The molecule has 5 heteroatoms. The third-order valence-electron chi connectivity index (χ3n) is 3.49. The lowest BCUT2D eigenvalue weighted by molar-refractivity contribution is 0.533. The first-order chi connectivity index (χ1) is 10.0. The van der Waals surface area contributed by atoms with E-state index in [1.165, 1.54) is 6.07 Å². The summed E-state index contributed by atoms with van der Waals surface area (Å²) in [6.07, 6.45) is 0.551. The summed E-state index contributed by atoms with van der Waals surface area (Å²) >= 11 is 21.5. The molecular weight excluding hydrogens is 397 g/mol. The molecule has 0 N–H and O–H groups in total. The first kappa shape index (κ1) is 17.1. The maximum atomic E-state index is 13.6. The molecule has 2 aromatic rings. The molecule has 0 amide bonds. The van der Waals surface area contributed by atoms with Crippen molar-refractivity contribution >= 4 is 50.7 Å². The second-order valence-corrected chi connectivity index (χ2v) is 6.84. The zero-order chi connectivity index (χ0) is 15.5. The highest BCUT2D eigenvalue weighted by Gasteiger charge is 2.31. The molecule has 0 fully saturated rings. The van der Waals surface area contributed by atoms with E-state index in [4.69, 9.17) is 34.8 Å². The molecule has 2 aromatic carbocycles. The molecule has 0 unspecified atom stereocenters. The highest BCUT2D eigenvalue weighted by Crippen LogP contribution is 2.33. The lowest BCUT2D eigenvalue weighted by atomic mass is 9.79. The predicted molar refractivity (Wildman–Crippen MR) is 92.4 cm³/mol. The van der Waals surface area contributed by atoms with Gasteiger partial charge in [0.05, 0.1) is 5.02 Å². The Labute approximate surface area is 147 Å². The molecular formula is C16H13BrCl3F. The van der Waals surface area contributed by atoms with Crippen molar-refractivity contribution in [2.75, 3.05) is 11.8 Å². The molecule has 0 bridgehead atoms. The van der Waals surface area contributed by atoms with Crippen LogP contribution in [0.25, 0.3) is 0 Å².